The molecular formula is C15H20ClNO2S. The van der Waals surface area contributed by atoms with Gasteiger partial charge in [0.2, 0.25) is 0 Å². The summed E-state index contributed by atoms with van der Waals surface area (Å²) >= 11 is 8.20. The Balaban J connectivity index is 1.68. The van der Waals surface area contributed by atoms with Crippen molar-refractivity contribution in [2.75, 3.05) is 23.8 Å². The largest absolute Gasteiger partial charge is 0.489 e. The van der Waals surface area contributed by atoms with E-state index in [1.165, 1.54) is 11.5 Å². The van der Waals surface area contributed by atoms with Crippen molar-refractivity contribution in [2.24, 2.45) is 0 Å². The van der Waals surface area contributed by atoms with Crippen molar-refractivity contribution in [3.63, 3.8) is 0 Å². The Labute approximate surface area is 129 Å². The molecule has 1 atom stereocenters. The first kappa shape index (κ1) is 14.4. The van der Waals surface area contributed by atoms with E-state index in [1.54, 1.807) is 6.07 Å². The summed E-state index contributed by atoms with van der Waals surface area (Å²) in [7, 11) is 0. The van der Waals surface area contributed by atoms with Crippen molar-refractivity contribution in [1.82, 2.24) is 0 Å². The lowest BCUT2D eigenvalue weighted by molar-refractivity contribution is -0.116. The monoisotopic (exact) mass is 313 g/mol. The molecule has 1 aromatic rings. The van der Waals surface area contributed by atoms with Crippen LogP contribution in [0, 0.1) is 0 Å². The Hall–Kier alpha value is -0.580. The number of hydrogen-bond acceptors (Lipinski definition) is 4. The lowest BCUT2D eigenvalue weighted by Crippen LogP contribution is -2.46. The van der Waals surface area contributed by atoms with Gasteiger partial charge in [-0.1, -0.05) is 11.6 Å². The van der Waals surface area contributed by atoms with Crippen molar-refractivity contribution in [3.8, 4) is 5.75 Å². The lowest BCUT2D eigenvalue weighted by atomic mass is 9.86. The van der Waals surface area contributed by atoms with E-state index in [0.29, 0.717) is 10.7 Å². The molecule has 2 N–H and O–H groups in total. The second-order valence-electron chi connectivity index (χ2n) is 5.57. The zero-order valence-electron chi connectivity index (χ0n) is 11.4. The molecule has 2 heterocycles. The highest BCUT2D eigenvalue weighted by Crippen LogP contribution is 2.39. The van der Waals surface area contributed by atoms with E-state index in [2.05, 4.69) is 0 Å². The Morgan fingerprint density at radius 3 is 2.90 bits per heavy atom. The molecular weight excluding hydrogens is 294 g/mol. The topological polar surface area (TPSA) is 44.5 Å². The molecule has 5 heteroatoms. The summed E-state index contributed by atoms with van der Waals surface area (Å²) in [6.45, 7) is 0.780. The lowest BCUT2D eigenvalue weighted by Gasteiger charge is -2.43. The van der Waals surface area contributed by atoms with Gasteiger partial charge in [0.25, 0.3) is 0 Å². The van der Waals surface area contributed by atoms with Crippen LogP contribution in [-0.4, -0.2) is 29.8 Å². The minimum Gasteiger partial charge on any atom is -0.489 e. The number of nitrogen functional groups attached to an aromatic ring is 1. The van der Waals surface area contributed by atoms with Gasteiger partial charge in [-0.3, -0.25) is 0 Å². The molecule has 1 unspecified atom stereocenters. The fourth-order valence-electron chi connectivity index (χ4n) is 2.97. The number of rotatable bonds is 2. The second kappa shape index (κ2) is 6.04. The fraction of sp³-hybridized carbons (Fsp3) is 0.600. The smallest absolute Gasteiger partial charge is 0.138 e. The van der Waals surface area contributed by atoms with Gasteiger partial charge in [-0.05, 0) is 42.5 Å². The maximum absolute atomic E-state index is 6.19. The number of ether oxygens (including phenoxy) is 2. The van der Waals surface area contributed by atoms with E-state index >= 15 is 0 Å². The number of anilines is 1. The van der Waals surface area contributed by atoms with Gasteiger partial charge < -0.3 is 15.2 Å². The van der Waals surface area contributed by atoms with E-state index in [0.717, 1.165) is 38.0 Å². The van der Waals surface area contributed by atoms with E-state index in [1.807, 2.05) is 23.9 Å². The molecule has 20 heavy (non-hydrogen) atoms. The van der Waals surface area contributed by atoms with Crippen LogP contribution in [0.5, 0.6) is 5.75 Å². The molecule has 0 aliphatic carbocycles. The van der Waals surface area contributed by atoms with E-state index < -0.39 is 0 Å². The van der Waals surface area contributed by atoms with Gasteiger partial charge in [0, 0.05) is 18.5 Å². The molecule has 2 aliphatic heterocycles. The normalized spacial score (nSPS) is 25.6. The van der Waals surface area contributed by atoms with Crippen molar-refractivity contribution >= 4 is 29.1 Å². The highest BCUT2D eigenvalue weighted by molar-refractivity contribution is 7.99. The highest BCUT2D eigenvalue weighted by Gasteiger charge is 2.39. The van der Waals surface area contributed by atoms with Crippen molar-refractivity contribution in [1.29, 1.82) is 0 Å². The van der Waals surface area contributed by atoms with Crippen molar-refractivity contribution in [3.05, 3.63) is 23.2 Å². The summed E-state index contributed by atoms with van der Waals surface area (Å²) in [5.74, 6) is 3.11. The van der Waals surface area contributed by atoms with Crippen molar-refractivity contribution < 1.29 is 9.47 Å². The summed E-state index contributed by atoms with van der Waals surface area (Å²) in [6, 6.07) is 5.42. The third-order valence-corrected chi connectivity index (χ3v) is 5.38. The van der Waals surface area contributed by atoms with Gasteiger partial charge >= 0.3 is 0 Å². The Morgan fingerprint density at radius 2 is 2.15 bits per heavy atom. The van der Waals surface area contributed by atoms with Gasteiger partial charge in [0.05, 0.1) is 17.2 Å². The van der Waals surface area contributed by atoms with E-state index in [9.17, 15) is 0 Å². The third-order valence-electron chi connectivity index (χ3n) is 4.10. The molecule has 2 aliphatic rings. The fourth-order valence-corrected chi connectivity index (χ4v) is 4.44. The molecule has 3 rings (SSSR count). The van der Waals surface area contributed by atoms with Crippen LogP contribution >= 0.6 is 23.4 Å². The number of benzene rings is 1. The van der Waals surface area contributed by atoms with Gasteiger partial charge in [-0.15, -0.1) is 0 Å². The van der Waals surface area contributed by atoms with Crippen LogP contribution in [0.2, 0.25) is 5.02 Å². The van der Waals surface area contributed by atoms with Crippen LogP contribution in [0.1, 0.15) is 25.7 Å². The molecule has 2 fully saturated rings. The number of halogens is 1. The quantitative estimate of drug-likeness (QED) is 0.845. The molecule has 110 valence electrons. The molecule has 0 amide bonds. The van der Waals surface area contributed by atoms with Gasteiger partial charge in [0.1, 0.15) is 11.9 Å². The average molecular weight is 314 g/mol. The minimum absolute atomic E-state index is 0.0362. The maximum Gasteiger partial charge on any atom is 0.138 e. The number of nitrogens with two attached hydrogens (primary N) is 1. The standard InChI is InChI=1S/C15H20ClNO2S/c16-13-9-11(17)1-2-14(13)19-12-3-6-18-15(10-12)4-7-20-8-5-15/h1-2,9,12H,3-8,10,17H2. The highest BCUT2D eigenvalue weighted by atomic mass is 35.5. The third kappa shape index (κ3) is 3.18. The number of thioether (sulfide) groups is 1. The molecule has 1 aromatic carbocycles. The predicted octanol–water partition coefficient (Wildman–Crippen LogP) is 3.75. The van der Waals surface area contributed by atoms with Crippen LogP contribution in [0.3, 0.4) is 0 Å². The van der Waals surface area contributed by atoms with Crippen LogP contribution in [0.25, 0.3) is 0 Å². The molecule has 3 nitrogen and oxygen atoms in total. The predicted molar refractivity (Wildman–Crippen MR) is 84.8 cm³/mol. The summed E-state index contributed by atoms with van der Waals surface area (Å²) in [4.78, 5) is 0. The van der Waals surface area contributed by atoms with Crippen molar-refractivity contribution in [2.45, 2.75) is 37.4 Å². The first-order valence-corrected chi connectivity index (χ1v) is 8.64. The van der Waals surface area contributed by atoms with Gasteiger partial charge in [-0.2, -0.15) is 11.8 Å². The molecule has 1 spiro atoms. The maximum atomic E-state index is 6.19. The van der Waals surface area contributed by atoms with Crippen LogP contribution in [0.4, 0.5) is 5.69 Å². The summed E-state index contributed by atoms with van der Waals surface area (Å²) < 4.78 is 12.2. The van der Waals surface area contributed by atoms with Gasteiger partial charge in [-0.25, -0.2) is 0 Å². The zero-order valence-corrected chi connectivity index (χ0v) is 13.0. The SMILES string of the molecule is Nc1ccc(OC2CCOC3(CCSCC3)C2)c(Cl)c1. The van der Waals surface area contributed by atoms with Crippen LogP contribution in [-0.2, 0) is 4.74 Å². The molecule has 0 bridgehead atoms. The zero-order chi connectivity index (χ0) is 14.0. The van der Waals surface area contributed by atoms with Crippen LogP contribution in [0.15, 0.2) is 18.2 Å². The first-order chi connectivity index (χ1) is 9.67. The summed E-state index contributed by atoms with van der Waals surface area (Å²) in [6.07, 6.45) is 4.34. The Bertz CT molecular complexity index is 471. The first-order valence-electron chi connectivity index (χ1n) is 7.10. The Kier molecular flexibility index (Phi) is 4.34. The second-order valence-corrected chi connectivity index (χ2v) is 7.20. The molecule has 2 saturated heterocycles. The van der Waals surface area contributed by atoms with E-state index in [4.69, 9.17) is 26.8 Å². The summed E-state index contributed by atoms with van der Waals surface area (Å²) in [5.41, 5.74) is 6.41. The van der Waals surface area contributed by atoms with Crippen LogP contribution < -0.4 is 10.5 Å². The van der Waals surface area contributed by atoms with Gasteiger partial charge in [0.15, 0.2) is 0 Å². The molecule has 0 aromatic heterocycles. The summed E-state index contributed by atoms with van der Waals surface area (Å²) in [5, 5.41) is 0.588. The molecule has 0 radical (unpaired) electrons. The average Bonchev–Trinajstić information content (AvgIpc) is 2.43. The Morgan fingerprint density at radius 1 is 1.35 bits per heavy atom. The number of hydrogen-bond donors (Lipinski definition) is 1. The molecule has 0 saturated carbocycles. The minimum atomic E-state index is 0.0362. The van der Waals surface area contributed by atoms with E-state index in [-0.39, 0.29) is 11.7 Å².